The van der Waals surface area contributed by atoms with Crippen LogP contribution in [0.3, 0.4) is 0 Å². The first kappa shape index (κ1) is 35.8. The van der Waals surface area contributed by atoms with E-state index in [0.717, 1.165) is 0 Å². The van der Waals surface area contributed by atoms with Crippen LogP contribution in [0.2, 0.25) is 0 Å². The van der Waals surface area contributed by atoms with Crippen molar-refractivity contribution < 1.29 is 0 Å². The van der Waals surface area contributed by atoms with Crippen LogP contribution in [0, 0.1) is 13.8 Å². The van der Waals surface area contributed by atoms with Gasteiger partial charge in [-0.15, -0.1) is 45.3 Å². The van der Waals surface area contributed by atoms with E-state index >= 15 is 0 Å². The Balaban J connectivity index is 1.43. The van der Waals surface area contributed by atoms with Crippen LogP contribution in [0.15, 0.2) is 12.4 Å². The second-order valence-corrected chi connectivity index (χ2v) is 17.3. The summed E-state index contributed by atoms with van der Waals surface area (Å²) in [5.74, 6) is 0. The number of rotatable bonds is 24. The van der Waals surface area contributed by atoms with Crippen LogP contribution in [0.4, 0.5) is 0 Å². The van der Waals surface area contributed by atoms with Gasteiger partial charge in [-0.1, -0.05) is 129 Å². The van der Waals surface area contributed by atoms with E-state index in [1.165, 1.54) is 171 Å². The molecule has 0 atom stereocenters. The number of thiazole rings is 2. The third-order valence-electron chi connectivity index (χ3n) is 8.96. The lowest BCUT2D eigenvalue weighted by atomic mass is 10.0. The Labute approximate surface area is 285 Å². The molecule has 44 heavy (non-hydrogen) atoms. The van der Waals surface area contributed by atoms with Gasteiger partial charge in [0.05, 0.1) is 29.5 Å². The summed E-state index contributed by atoms with van der Waals surface area (Å²) in [6.45, 7) is 8.90. The molecule has 0 aliphatic rings. The van der Waals surface area contributed by atoms with Crippen molar-refractivity contribution in [3.8, 4) is 19.5 Å². The monoisotopic (exact) mass is 670 g/mol. The Morgan fingerprint density at radius 2 is 0.750 bits per heavy atom. The normalized spacial score (nSPS) is 11.8. The summed E-state index contributed by atoms with van der Waals surface area (Å²) in [4.78, 5) is 15.1. The lowest BCUT2D eigenvalue weighted by molar-refractivity contribution is 0.556. The highest BCUT2D eigenvalue weighted by Gasteiger charge is 2.24. The fourth-order valence-corrected chi connectivity index (χ4v) is 11.2. The Kier molecular flexibility index (Phi) is 16.4. The van der Waals surface area contributed by atoms with Gasteiger partial charge in [-0.25, -0.2) is 9.97 Å². The van der Waals surface area contributed by atoms with E-state index in [1.807, 2.05) is 22.7 Å². The first-order valence-corrected chi connectivity index (χ1v) is 21.3. The van der Waals surface area contributed by atoms with Crippen molar-refractivity contribution in [2.75, 3.05) is 0 Å². The summed E-state index contributed by atoms with van der Waals surface area (Å²) < 4.78 is 3.13. The van der Waals surface area contributed by atoms with Gasteiger partial charge in [0, 0.05) is 21.8 Å². The van der Waals surface area contributed by atoms with Crippen molar-refractivity contribution in [1.82, 2.24) is 9.97 Å². The number of hydrogen-bond donors (Lipinski definition) is 0. The van der Waals surface area contributed by atoms with Gasteiger partial charge in [-0.2, -0.15) is 0 Å². The minimum atomic E-state index is 1.17. The maximum Gasteiger partial charge on any atom is 0.0900 e. The van der Waals surface area contributed by atoms with Gasteiger partial charge in [-0.3, -0.25) is 0 Å². The highest BCUT2D eigenvalue weighted by atomic mass is 32.1. The lowest BCUT2D eigenvalue weighted by Crippen LogP contribution is -1.87. The molecule has 0 N–H and O–H groups in total. The number of hydrogen-bond acceptors (Lipinski definition) is 6. The van der Waals surface area contributed by atoms with Crippen LogP contribution in [-0.2, 0) is 12.8 Å². The minimum Gasteiger partial charge on any atom is -0.249 e. The van der Waals surface area contributed by atoms with E-state index < -0.39 is 0 Å². The molecule has 6 heteroatoms. The first-order valence-electron chi connectivity index (χ1n) is 18.0. The highest BCUT2D eigenvalue weighted by molar-refractivity contribution is 7.34. The maximum atomic E-state index is 4.66. The molecule has 0 saturated heterocycles. The fourth-order valence-electron chi connectivity index (χ4n) is 6.39. The molecule has 4 rings (SSSR count). The van der Waals surface area contributed by atoms with Crippen molar-refractivity contribution in [3.05, 3.63) is 33.5 Å². The molecule has 0 unspecified atom stereocenters. The highest BCUT2D eigenvalue weighted by Crippen LogP contribution is 2.51. The predicted octanol–water partition coefficient (Wildman–Crippen LogP) is 14.8. The molecule has 0 fully saturated rings. The molecule has 4 heterocycles. The van der Waals surface area contributed by atoms with Gasteiger partial charge in [0.2, 0.25) is 0 Å². The number of aryl methyl sites for hydroxylation is 4. The molecule has 4 aromatic rings. The van der Waals surface area contributed by atoms with E-state index in [2.05, 4.69) is 72.7 Å². The van der Waals surface area contributed by atoms with Crippen LogP contribution in [0.25, 0.3) is 28.9 Å². The van der Waals surface area contributed by atoms with Crippen molar-refractivity contribution >= 4 is 54.7 Å². The molecular weight excluding hydrogens is 613 g/mol. The molecule has 4 aromatic heterocycles. The molecule has 0 aliphatic carbocycles. The first-order chi connectivity index (χ1) is 21.6. The summed E-state index contributed by atoms with van der Waals surface area (Å²) in [5, 5.41) is 2.35. The molecule has 0 bridgehead atoms. The maximum absolute atomic E-state index is 4.66. The smallest absolute Gasteiger partial charge is 0.0900 e. The van der Waals surface area contributed by atoms with Crippen LogP contribution in [0.1, 0.15) is 163 Å². The minimum absolute atomic E-state index is 1.17. The third-order valence-corrected chi connectivity index (χ3v) is 13.9. The molecule has 0 spiro atoms. The number of fused-ring (bicyclic) bond motifs is 1. The number of thiophene rings is 2. The van der Waals surface area contributed by atoms with Crippen molar-refractivity contribution in [2.45, 2.75) is 169 Å². The molecule has 0 saturated carbocycles. The van der Waals surface area contributed by atoms with Gasteiger partial charge in [0.15, 0.2) is 0 Å². The van der Waals surface area contributed by atoms with Crippen LogP contribution >= 0.6 is 45.3 Å². The Morgan fingerprint density at radius 3 is 1.05 bits per heavy atom. The SMILES string of the molecule is CCCCCCCCCCCCc1c(-c2cnc(C)s2)sc2c(CCCCCCCCCCCC)c(-c3cnc(C)s3)sc12. The molecule has 0 radical (unpaired) electrons. The van der Waals surface area contributed by atoms with Crippen LogP contribution in [0.5, 0.6) is 0 Å². The molecular formula is C38H58N2S4. The fraction of sp³-hybridized carbons (Fsp3) is 0.684. The number of unbranched alkanes of at least 4 members (excludes halogenated alkanes) is 18. The van der Waals surface area contributed by atoms with Gasteiger partial charge in [-0.05, 0) is 50.7 Å². The lowest BCUT2D eigenvalue weighted by Gasteiger charge is -2.05. The number of nitrogens with zero attached hydrogens (tertiary/aromatic N) is 2. The summed E-state index contributed by atoms with van der Waals surface area (Å²) in [6, 6.07) is 0. The van der Waals surface area contributed by atoms with E-state index in [0.29, 0.717) is 0 Å². The molecule has 2 nitrogen and oxygen atoms in total. The zero-order chi connectivity index (χ0) is 31.0. The summed E-state index contributed by atoms with van der Waals surface area (Å²) >= 11 is 7.88. The Morgan fingerprint density at radius 1 is 0.432 bits per heavy atom. The van der Waals surface area contributed by atoms with Crippen molar-refractivity contribution in [3.63, 3.8) is 0 Å². The Bertz CT molecular complexity index is 1240. The quantitative estimate of drug-likeness (QED) is 0.0693. The van der Waals surface area contributed by atoms with Gasteiger partial charge in [0.1, 0.15) is 0 Å². The van der Waals surface area contributed by atoms with Crippen molar-refractivity contribution in [1.29, 1.82) is 0 Å². The summed E-state index contributed by atoms with van der Waals surface area (Å²) in [5.41, 5.74) is 3.21. The molecule has 0 aromatic carbocycles. The van der Waals surface area contributed by atoms with E-state index in [9.17, 15) is 0 Å². The summed E-state index contributed by atoms with van der Waals surface area (Å²) in [7, 11) is 0. The third kappa shape index (κ3) is 11.0. The topological polar surface area (TPSA) is 25.8 Å². The Hall–Kier alpha value is -1.08. The standard InChI is InChI=1S/C38H58N2S4/c1-5-7-9-11-13-15-17-19-21-23-25-31-35(33-27-39-29(3)41-33)43-38-32(26-24-22-20-18-16-14-12-10-8-6-2)36(44-37(31)38)34-28-40-30(4)42-34/h27-28H,5-26H2,1-4H3. The van der Waals surface area contributed by atoms with Crippen molar-refractivity contribution in [2.24, 2.45) is 0 Å². The van der Waals surface area contributed by atoms with Gasteiger partial charge < -0.3 is 0 Å². The zero-order valence-electron chi connectivity index (χ0n) is 28.2. The second-order valence-electron chi connectivity index (χ2n) is 12.8. The van der Waals surface area contributed by atoms with E-state index in [4.69, 9.17) is 0 Å². The van der Waals surface area contributed by atoms with Gasteiger partial charge in [0.25, 0.3) is 0 Å². The zero-order valence-corrected chi connectivity index (χ0v) is 31.5. The predicted molar refractivity (Wildman–Crippen MR) is 202 cm³/mol. The molecule has 0 aliphatic heterocycles. The average molecular weight is 671 g/mol. The number of aromatic nitrogens is 2. The van der Waals surface area contributed by atoms with Gasteiger partial charge >= 0.3 is 0 Å². The van der Waals surface area contributed by atoms with Crippen LogP contribution in [-0.4, -0.2) is 9.97 Å². The average Bonchev–Trinajstić information content (AvgIpc) is 3.80. The largest absolute Gasteiger partial charge is 0.249 e. The molecule has 0 amide bonds. The van der Waals surface area contributed by atoms with Crippen LogP contribution < -0.4 is 0 Å². The molecule has 244 valence electrons. The summed E-state index contributed by atoms with van der Waals surface area (Å²) in [6.07, 6.45) is 34.4. The van der Waals surface area contributed by atoms with E-state index in [-0.39, 0.29) is 0 Å². The second kappa shape index (κ2) is 20.2. The van der Waals surface area contributed by atoms with E-state index in [1.54, 1.807) is 20.5 Å².